The molecule has 0 spiro atoms. The van der Waals surface area contributed by atoms with Crippen molar-refractivity contribution in [1.82, 2.24) is 10.2 Å². The molecule has 1 aliphatic rings. The number of carboxylic acids is 1. The lowest BCUT2D eigenvalue weighted by atomic mass is 10.2. The number of nitrogens with zero attached hydrogens (tertiary/aromatic N) is 1. The van der Waals surface area contributed by atoms with Crippen LogP contribution >= 0.6 is 23.1 Å². The molecule has 7 heteroatoms. The van der Waals surface area contributed by atoms with E-state index in [0.717, 1.165) is 4.88 Å². The first-order valence-electron chi connectivity index (χ1n) is 6.39. The molecule has 1 aromatic rings. The molecule has 3 atom stereocenters. The number of nitrogens with one attached hydrogen (secondary N) is 1. The minimum absolute atomic E-state index is 0.117. The highest BCUT2D eigenvalue weighted by Crippen LogP contribution is 2.29. The van der Waals surface area contributed by atoms with Gasteiger partial charge in [0.1, 0.15) is 6.04 Å². The van der Waals surface area contributed by atoms with Crippen LogP contribution in [0.1, 0.15) is 29.6 Å². The van der Waals surface area contributed by atoms with Gasteiger partial charge < -0.3 is 10.4 Å². The second-order valence-corrected chi connectivity index (χ2v) is 7.48. The normalized spacial score (nSPS) is 23.6. The third kappa shape index (κ3) is 3.09. The maximum absolute atomic E-state index is 12.3. The highest BCUT2D eigenvalue weighted by atomic mass is 32.2. The van der Waals surface area contributed by atoms with Gasteiger partial charge in [0.2, 0.25) is 0 Å². The Morgan fingerprint density at radius 2 is 2.20 bits per heavy atom. The van der Waals surface area contributed by atoms with E-state index in [4.69, 9.17) is 0 Å². The van der Waals surface area contributed by atoms with E-state index in [-0.39, 0.29) is 17.4 Å². The number of carbonyl (C=O) groups excluding carboxylic acids is 1. The lowest BCUT2D eigenvalue weighted by molar-refractivity contribution is -0.141. The molecular weight excluding hydrogens is 296 g/mol. The molecule has 0 aliphatic carbocycles. The summed E-state index contributed by atoms with van der Waals surface area (Å²) in [5, 5.41) is 11.9. The fourth-order valence-corrected chi connectivity index (χ4v) is 4.21. The van der Waals surface area contributed by atoms with Gasteiger partial charge >= 0.3 is 12.0 Å². The summed E-state index contributed by atoms with van der Waals surface area (Å²) in [6.07, 6.45) is 0. The molecule has 1 aromatic heterocycles. The van der Waals surface area contributed by atoms with Crippen LogP contribution in [0, 0.1) is 6.92 Å². The van der Waals surface area contributed by atoms with Crippen molar-refractivity contribution >= 4 is 35.1 Å². The molecular formula is C13H18N2O3S2. The summed E-state index contributed by atoms with van der Waals surface area (Å²) < 4.78 is 0. The number of hydrogen-bond donors (Lipinski definition) is 2. The van der Waals surface area contributed by atoms with Gasteiger partial charge in [-0.3, -0.25) is 4.90 Å². The molecule has 0 saturated carbocycles. The second kappa shape index (κ2) is 6.05. The first-order chi connectivity index (χ1) is 9.40. The van der Waals surface area contributed by atoms with E-state index < -0.39 is 12.0 Å². The molecule has 5 nitrogen and oxygen atoms in total. The third-order valence-corrected chi connectivity index (χ3v) is 5.67. The fraction of sp³-hybridized carbons (Fsp3) is 0.538. The van der Waals surface area contributed by atoms with Crippen LogP contribution in [0.3, 0.4) is 0 Å². The Kier molecular flexibility index (Phi) is 4.59. The Bertz CT molecular complexity index is 517. The van der Waals surface area contributed by atoms with Crippen LogP contribution in [0.2, 0.25) is 0 Å². The van der Waals surface area contributed by atoms with Gasteiger partial charge in [0.15, 0.2) is 0 Å². The molecule has 2 heterocycles. The first-order valence-corrected chi connectivity index (χ1v) is 8.26. The quantitative estimate of drug-likeness (QED) is 0.900. The zero-order valence-corrected chi connectivity index (χ0v) is 13.3. The fourth-order valence-electron chi connectivity index (χ4n) is 2.16. The largest absolute Gasteiger partial charge is 0.480 e. The predicted octanol–water partition coefficient (Wildman–Crippen LogP) is 2.68. The van der Waals surface area contributed by atoms with Crippen LogP contribution in [0.25, 0.3) is 0 Å². The highest BCUT2D eigenvalue weighted by molar-refractivity contribution is 8.00. The van der Waals surface area contributed by atoms with E-state index >= 15 is 0 Å². The summed E-state index contributed by atoms with van der Waals surface area (Å²) in [6, 6.07) is 2.83. The molecule has 2 N–H and O–H groups in total. The molecule has 0 bridgehead atoms. The van der Waals surface area contributed by atoms with Gasteiger partial charge in [0.25, 0.3) is 0 Å². The van der Waals surface area contributed by atoms with Crippen LogP contribution in [0.4, 0.5) is 4.79 Å². The van der Waals surface area contributed by atoms with Crippen molar-refractivity contribution in [2.24, 2.45) is 0 Å². The van der Waals surface area contributed by atoms with Crippen molar-refractivity contribution in [2.75, 3.05) is 5.75 Å². The summed E-state index contributed by atoms with van der Waals surface area (Å²) in [6.45, 7) is 5.78. The van der Waals surface area contributed by atoms with Gasteiger partial charge in [-0.1, -0.05) is 0 Å². The van der Waals surface area contributed by atoms with Crippen LogP contribution in [0.15, 0.2) is 12.1 Å². The maximum atomic E-state index is 12.3. The molecule has 2 rings (SSSR count). The number of thiophene rings is 1. The average molecular weight is 314 g/mol. The van der Waals surface area contributed by atoms with Crippen LogP contribution in [-0.4, -0.2) is 39.2 Å². The summed E-state index contributed by atoms with van der Waals surface area (Å²) in [7, 11) is 0. The second-order valence-electron chi connectivity index (χ2n) is 4.81. The number of thioether (sulfide) groups is 1. The number of amides is 2. The third-order valence-electron chi connectivity index (χ3n) is 3.27. The Labute approximate surface area is 126 Å². The van der Waals surface area contributed by atoms with Crippen molar-refractivity contribution in [3.8, 4) is 0 Å². The Hall–Kier alpha value is -1.21. The molecule has 2 amide bonds. The molecule has 110 valence electrons. The summed E-state index contributed by atoms with van der Waals surface area (Å²) in [5.74, 6) is -0.507. The molecule has 20 heavy (non-hydrogen) atoms. The Balaban J connectivity index is 2.05. The SMILES string of the molecule is Cc1ccc(C(C)NC(=O)N2C(C)SCC2C(=O)O)s1. The minimum atomic E-state index is -0.948. The van der Waals surface area contributed by atoms with Gasteiger partial charge in [-0.05, 0) is 32.9 Å². The Morgan fingerprint density at radius 1 is 1.50 bits per heavy atom. The number of urea groups is 1. The van der Waals surface area contributed by atoms with Crippen molar-refractivity contribution in [2.45, 2.75) is 38.2 Å². The zero-order valence-electron chi connectivity index (χ0n) is 11.6. The topological polar surface area (TPSA) is 69.6 Å². The van der Waals surface area contributed by atoms with Crippen LogP contribution in [-0.2, 0) is 4.79 Å². The lowest BCUT2D eigenvalue weighted by Gasteiger charge is -2.26. The minimum Gasteiger partial charge on any atom is -0.480 e. The van der Waals surface area contributed by atoms with E-state index in [1.54, 1.807) is 11.3 Å². The molecule has 1 saturated heterocycles. The van der Waals surface area contributed by atoms with E-state index in [1.807, 2.05) is 32.9 Å². The highest BCUT2D eigenvalue weighted by Gasteiger charge is 2.39. The van der Waals surface area contributed by atoms with E-state index in [2.05, 4.69) is 5.32 Å². The van der Waals surface area contributed by atoms with Crippen LogP contribution in [0.5, 0.6) is 0 Å². The summed E-state index contributed by atoms with van der Waals surface area (Å²) >= 11 is 3.12. The molecule has 1 fully saturated rings. The molecule has 1 aliphatic heterocycles. The van der Waals surface area contributed by atoms with Crippen molar-refractivity contribution in [3.63, 3.8) is 0 Å². The maximum Gasteiger partial charge on any atom is 0.327 e. The summed E-state index contributed by atoms with van der Waals surface area (Å²) in [5.41, 5.74) is 0. The van der Waals surface area contributed by atoms with Gasteiger partial charge in [-0.25, -0.2) is 9.59 Å². The van der Waals surface area contributed by atoms with Gasteiger partial charge in [-0.15, -0.1) is 23.1 Å². The van der Waals surface area contributed by atoms with Gasteiger partial charge in [0.05, 0.1) is 11.4 Å². The molecule has 3 unspecified atom stereocenters. The predicted molar refractivity (Wildman–Crippen MR) is 81.2 cm³/mol. The number of rotatable bonds is 3. The lowest BCUT2D eigenvalue weighted by Crippen LogP contribution is -2.49. The van der Waals surface area contributed by atoms with Gasteiger partial charge in [-0.2, -0.15) is 0 Å². The number of carboxylic acid groups (broad SMARTS) is 1. The van der Waals surface area contributed by atoms with E-state index in [1.165, 1.54) is 21.5 Å². The van der Waals surface area contributed by atoms with Crippen LogP contribution < -0.4 is 5.32 Å². The van der Waals surface area contributed by atoms with E-state index in [9.17, 15) is 14.7 Å². The number of aryl methyl sites for hydroxylation is 1. The number of hydrogen-bond acceptors (Lipinski definition) is 4. The van der Waals surface area contributed by atoms with Crippen molar-refractivity contribution in [1.29, 1.82) is 0 Å². The Morgan fingerprint density at radius 3 is 2.75 bits per heavy atom. The standard InChI is InChI=1S/C13H18N2O3S2/c1-7-4-5-11(20-7)8(2)14-13(18)15-9(3)19-6-10(15)12(16)17/h4-5,8-10H,6H2,1-3H3,(H,14,18)(H,16,17). The summed E-state index contributed by atoms with van der Waals surface area (Å²) in [4.78, 5) is 27.2. The van der Waals surface area contributed by atoms with Crippen molar-refractivity contribution < 1.29 is 14.7 Å². The first kappa shape index (κ1) is 15.2. The smallest absolute Gasteiger partial charge is 0.327 e. The zero-order chi connectivity index (χ0) is 14.9. The number of carbonyl (C=O) groups is 2. The monoisotopic (exact) mass is 314 g/mol. The molecule has 0 radical (unpaired) electrons. The van der Waals surface area contributed by atoms with E-state index in [0.29, 0.717) is 5.75 Å². The molecule has 0 aromatic carbocycles. The van der Waals surface area contributed by atoms with Gasteiger partial charge in [0, 0.05) is 15.5 Å². The number of aliphatic carboxylic acids is 1. The van der Waals surface area contributed by atoms with Crippen molar-refractivity contribution in [3.05, 3.63) is 21.9 Å². The average Bonchev–Trinajstić information content (AvgIpc) is 2.95.